The summed E-state index contributed by atoms with van der Waals surface area (Å²) in [6.45, 7) is 6.36. The lowest BCUT2D eigenvalue weighted by atomic mass is 9.92. The SMILES string of the molecule is C=C(CCCCCC)C1CCCC1O. The monoisotopic (exact) mass is 196 g/mol. The van der Waals surface area contributed by atoms with Gasteiger partial charge in [0, 0.05) is 5.92 Å². The summed E-state index contributed by atoms with van der Waals surface area (Å²) in [5, 5.41) is 9.70. The number of unbranched alkanes of at least 4 members (excludes halogenated alkanes) is 3. The van der Waals surface area contributed by atoms with E-state index in [1.54, 1.807) is 0 Å². The lowest BCUT2D eigenvalue weighted by Crippen LogP contribution is -2.14. The van der Waals surface area contributed by atoms with Crippen molar-refractivity contribution in [3.05, 3.63) is 12.2 Å². The van der Waals surface area contributed by atoms with Crippen LogP contribution in [0.4, 0.5) is 0 Å². The molecule has 1 heteroatoms. The van der Waals surface area contributed by atoms with Crippen molar-refractivity contribution in [2.45, 2.75) is 64.4 Å². The second-order valence-electron chi connectivity index (χ2n) is 4.57. The topological polar surface area (TPSA) is 20.2 Å². The van der Waals surface area contributed by atoms with E-state index in [9.17, 15) is 5.11 Å². The third-order valence-corrected chi connectivity index (χ3v) is 3.36. The first-order valence-electron chi connectivity index (χ1n) is 6.11. The molecule has 1 nitrogen and oxygen atoms in total. The van der Waals surface area contributed by atoms with E-state index in [1.807, 2.05) is 0 Å². The molecule has 2 atom stereocenters. The molecule has 0 spiro atoms. The fraction of sp³-hybridized carbons (Fsp3) is 0.846. The summed E-state index contributed by atoms with van der Waals surface area (Å²) in [5.74, 6) is 0.414. The van der Waals surface area contributed by atoms with Gasteiger partial charge in [-0.05, 0) is 25.7 Å². The number of hydrogen-bond donors (Lipinski definition) is 1. The smallest absolute Gasteiger partial charge is 0.0605 e. The normalized spacial score (nSPS) is 26.7. The highest BCUT2D eigenvalue weighted by molar-refractivity contribution is 5.05. The Balaban J connectivity index is 2.14. The number of aliphatic hydroxyl groups is 1. The molecule has 1 aliphatic carbocycles. The zero-order chi connectivity index (χ0) is 10.4. The van der Waals surface area contributed by atoms with E-state index in [1.165, 1.54) is 37.7 Å². The number of aliphatic hydroxyl groups excluding tert-OH is 1. The zero-order valence-corrected chi connectivity index (χ0v) is 9.47. The molecule has 1 aliphatic rings. The van der Waals surface area contributed by atoms with Crippen molar-refractivity contribution in [3.8, 4) is 0 Å². The van der Waals surface area contributed by atoms with Gasteiger partial charge in [0.25, 0.3) is 0 Å². The highest BCUT2D eigenvalue weighted by Gasteiger charge is 2.26. The van der Waals surface area contributed by atoms with Gasteiger partial charge in [0.2, 0.25) is 0 Å². The molecule has 0 aromatic carbocycles. The van der Waals surface area contributed by atoms with Crippen LogP contribution >= 0.6 is 0 Å². The Labute approximate surface area is 88.2 Å². The van der Waals surface area contributed by atoms with Gasteiger partial charge in [-0.3, -0.25) is 0 Å². The van der Waals surface area contributed by atoms with E-state index in [4.69, 9.17) is 0 Å². The molecular formula is C13H24O. The summed E-state index contributed by atoms with van der Waals surface area (Å²) in [6, 6.07) is 0. The molecule has 0 aromatic heterocycles. The standard InChI is InChI=1S/C13H24O/c1-3-4-5-6-8-11(2)12-9-7-10-13(12)14/h12-14H,2-10H2,1H3. The minimum Gasteiger partial charge on any atom is -0.393 e. The van der Waals surface area contributed by atoms with Crippen LogP contribution in [0.2, 0.25) is 0 Å². The van der Waals surface area contributed by atoms with Crippen molar-refractivity contribution < 1.29 is 5.11 Å². The summed E-state index contributed by atoms with van der Waals surface area (Å²) in [5.41, 5.74) is 1.30. The Morgan fingerprint density at radius 2 is 2.07 bits per heavy atom. The van der Waals surface area contributed by atoms with Gasteiger partial charge in [-0.25, -0.2) is 0 Å². The molecule has 1 saturated carbocycles. The second-order valence-corrected chi connectivity index (χ2v) is 4.57. The van der Waals surface area contributed by atoms with Crippen LogP contribution in [0, 0.1) is 5.92 Å². The molecule has 0 radical (unpaired) electrons. The van der Waals surface area contributed by atoms with Crippen LogP contribution in [0.15, 0.2) is 12.2 Å². The highest BCUT2D eigenvalue weighted by Crippen LogP contribution is 2.32. The first-order valence-corrected chi connectivity index (χ1v) is 6.11. The molecule has 0 aliphatic heterocycles. The molecule has 2 unspecified atom stereocenters. The second kappa shape index (κ2) is 6.23. The van der Waals surface area contributed by atoms with Crippen molar-refractivity contribution in [1.82, 2.24) is 0 Å². The molecular weight excluding hydrogens is 172 g/mol. The van der Waals surface area contributed by atoms with Gasteiger partial charge in [-0.1, -0.05) is 44.8 Å². The van der Waals surface area contributed by atoms with Crippen LogP contribution in [-0.4, -0.2) is 11.2 Å². The Bertz CT molecular complexity index is 174. The van der Waals surface area contributed by atoms with Crippen LogP contribution < -0.4 is 0 Å². The van der Waals surface area contributed by atoms with Crippen LogP contribution in [0.25, 0.3) is 0 Å². The summed E-state index contributed by atoms with van der Waals surface area (Å²) in [7, 11) is 0. The zero-order valence-electron chi connectivity index (χ0n) is 9.47. The maximum atomic E-state index is 9.70. The van der Waals surface area contributed by atoms with Gasteiger partial charge in [-0.15, -0.1) is 0 Å². The van der Waals surface area contributed by atoms with Gasteiger partial charge in [-0.2, -0.15) is 0 Å². The predicted octanol–water partition coefficient (Wildman–Crippen LogP) is 3.67. The summed E-state index contributed by atoms with van der Waals surface area (Å²) >= 11 is 0. The molecule has 1 rings (SSSR count). The molecule has 0 saturated heterocycles. The molecule has 0 bridgehead atoms. The molecule has 0 heterocycles. The van der Waals surface area contributed by atoms with Crippen molar-refractivity contribution in [3.63, 3.8) is 0 Å². The molecule has 1 N–H and O–H groups in total. The summed E-state index contributed by atoms with van der Waals surface area (Å²) < 4.78 is 0. The Morgan fingerprint density at radius 3 is 2.64 bits per heavy atom. The summed E-state index contributed by atoms with van der Waals surface area (Å²) in [4.78, 5) is 0. The maximum Gasteiger partial charge on any atom is 0.0605 e. The highest BCUT2D eigenvalue weighted by atomic mass is 16.3. The molecule has 1 fully saturated rings. The summed E-state index contributed by atoms with van der Waals surface area (Å²) in [6.07, 6.45) is 9.56. The van der Waals surface area contributed by atoms with Gasteiger partial charge < -0.3 is 5.11 Å². The molecule has 0 aromatic rings. The largest absolute Gasteiger partial charge is 0.393 e. The Morgan fingerprint density at radius 1 is 1.29 bits per heavy atom. The van der Waals surface area contributed by atoms with Crippen molar-refractivity contribution in [2.75, 3.05) is 0 Å². The lowest BCUT2D eigenvalue weighted by molar-refractivity contribution is 0.147. The van der Waals surface area contributed by atoms with Crippen LogP contribution in [0.3, 0.4) is 0 Å². The molecule has 82 valence electrons. The quantitative estimate of drug-likeness (QED) is 0.507. The van der Waals surface area contributed by atoms with Crippen molar-refractivity contribution in [2.24, 2.45) is 5.92 Å². The maximum absolute atomic E-state index is 9.70. The van der Waals surface area contributed by atoms with Crippen molar-refractivity contribution in [1.29, 1.82) is 0 Å². The van der Waals surface area contributed by atoms with E-state index >= 15 is 0 Å². The lowest BCUT2D eigenvalue weighted by Gasteiger charge is -2.17. The van der Waals surface area contributed by atoms with Gasteiger partial charge >= 0.3 is 0 Å². The van der Waals surface area contributed by atoms with E-state index in [0.717, 1.165) is 19.3 Å². The van der Waals surface area contributed by atoms with Crippen LogP contribution in [0.5, 0.6) is 0 Å². The van der Waals surface area contributed by atoms with E-state index < -0.39 is 0 Å². The van der Waals surface area contributed by atoms with Crippen molar-refractivity contribution >= 4 is 0 Å². The van der Waals surface area contributed by atoms with E-state index in [0.29, 0.717) is 5.92 Å². The third kappa shape index (κ3) is 3.45. The number of hydrogen-bond acceptors (Lipinski definition) is 1. The molecule has 0 amide bonds. The number of rotatable bonds is 6. The molecule has 14 heavy (non-hydrogen) atoms. The average molecular weight is 196 g/mol. The first-order chi connectivity index (χ1) is 6.75. The third-order valence-electron chi connectivity index (χ3n) is 3.36. The average Bonchev–Trinajstić information content (AvgIpc) is 2.59. The van der Waals surface area contributed by atoms with Crippen LogP contribution in [0.1, 0.15) is 58.3 Å². The minimum absolute atomic E-state index is 0.0892. The fourth-order valence-corrected chi connectivity index (χ4v) is 2.38. The minimum atomic E-state index is -0.0892. The van der Waals surface area contributed by atoms with E-state index in [2.05, 4.69) is 13.5 Å². The Hall–Kier alpha value is -0.300. The Kier molecular flexibility index (Phi) is 5.24. The first kappa shape index (κ1) is 11.8. The van der Waals surface area contributed by atoms with Gasteiger partial charge in [0.15, 0.2) is 0 Å². The van der Waals surface area contributed by atoms with Gasteiger partial charge in [0.05, 0.1) is 6.10 Å². The van der Waals surface area contributed by atoms with E-state index in [-0.39, 0.29) is 6.10 Å². The predicted molar refractivity (Wildman–Crippen MR) is 61.2 cm³/mol. The fourth-order valence-electron chi connectivity index (χ4n) is 2.38. The van der Waals surface area contributed by atoms with Gasteiger partial charge in [0.1, 0.15) is 0 Å². The van der Waals surface area contributed by atoms with Crippen LogP contribution in [-0.2, 0) is 0 Å².